The van der Waals surface area contributed by atoms with Crippen LogP contribution in [0.15, 0.2) is 0 Å². The first-order valence-electron chi connectivity index (χ1n) is 5.78. The highest BCUT2D eigenvalue weighted by molar-refractivity contribution is 8.00. The zero-order chi connectivity index (χ0) is 12.9. The maximum absolute atomic E-state index is 11.3. The standard InChI is InChI=1S/C11H20O4S2/c1-3-17(13,14)7-6-16-9-11(4-5-11)8-10(12)15-2/h3-9H2,1-2H3. The maximum Gasteiger partial charge on any atom is 0.306 e. The van der Waals surface area contributed by atoms with Gasteiger partial charge in [0.15, 0.2) is 9.84 Å². The first-order chi connectivity index (χ1) is 7.93. The highest BCUT2D eigenvalue weighted by Crippen LogP contribution is 2.51. The Morgan fingerprint density at radius 3 is 2.53 bits per heavy atom. The summed E-state index contributed by atoms with van der Waals surface area (Å²) in [6.45, 7) is 1.67. The average Bonchev–Trinajstić information content (AvgIpc) is 3.05. The lowest BCUT2D eigenvalue weighted by atomic mass is 10.1. The smallest absolute Gasteiger partial charge is 0.306 e. The monoisotopic (exact) mass is 280 g/mol. The summed E-state index contributed by atoms with van der Waals surface area (Å²) >= 11 is 1.63. The topological polar surface area (TPSA) is 60.4 Å². The lowest BCUT2D eigenvalue weighted by Crippen LogP contribution is -2.15. The molecule has 0 aromatic carbocycles. The van der Waals surface area contributed by atoms with Crippen molar-refractivity contribution in [1.29, 1.82) is 0 Å². The molecule has 4 nitrogen and oxygen atoms in total. The summed E-state index contributed by atoms with van der Waals surface area (Å²) in [5.74, 6) is 1.77. The second-order valence-corrected chi connectivity index (χ2v) is 8.12. The summed E-state index contributed by atoms with van der Waals surface area (Å²) in [6.07, 6.45) is 2.57. The fraction of sp³-hybridized carbons (Fsp3) is 0.909. The number of carbonyl (C=O) groups excluding carboxylic acids is 1. The van der Waals surface area contributed by atoms with Gasteiger partial charge in [0.05, 0.1) is 19.3 Å². The number of hydrogen-bond donors (Lipinski definition) is 0. The molecule has 1 fully saturated rings. The minimum Gasteiger partial charge on any atom is -0.469 e. The molecule has 1 saturated carbocycles. The summed E-state index contributed by atoms with van der Waals surface area (Å²) < 4.78 is 27.2. The average molecular weight is 280 g/mol. The first-order valence-corrected chi connectivity index (χ1v) is 8.76. The number of thioether (sulfide) groups is 1. The predicted octanol–water partition coefficient (Wildman–Crippen LogP) is 1.50. The van der Waals surface area contributed by atoms with Crippen LogP contribution in [0.5, 0.6) is 0 Å². The van der Waals surface area contributed by atoms with E-state index in [0.717, 1.165) is 18.6 Å². The largest absolute Gasteiger partial charge is 0.469 e. The van der Waals surface area contributed by atoms with Crippen molar-refractivity contribution < 1.29 is 17.9 Å². The van der Waals surface area contributed by atoms with Gasteiger partial charge in [0.1, 0.15) is 0 Å². The summed E-state index contributed by atoms with van der Waals surface area (Å²) in [5.41, 5.74) is 0.0910. The maximum atomic E-state index is 11.3. The molecule has 0 aromatic rings. The number of methoxy groups -OCH3 is 1. The quantitative estimate of drug-likeness (QED) is 0.498. The van der Waals surface area contributed by atoms with Crippen LogP contribution in [0.25, 0.3) is 0 Å². The second kappa shape index (κ2) is 6.09. The van der Waals surface area contributed by atoms with E-state index in [1.165, 1.54) is 7.11 Å². The lowest BCUT2D eigenvalue weighted by Gasteiger charge is -2.12. The lowest BCUT2D eigenvalue weighted by molar-refractivity contribution is -0.141. The van der Waals surface area contributed by atoms with E-state index in [1.807, 2.05) is 0 Å². The van der Waals surface area contributed by atoms with E-state index in [0.29, 0.717) is 12.2 Å². The van der Waals surface area contributed by atoms with Crippen LogP contribution < -0.4 is 0 Å². The summed E-state index contributed by atoms with van der Waals surface area (Å²) in [7, 11) is -1.45. The van der Waals surface area contributed by atoms with E-state index < -0.39 is 9.84 Å². The van der Waals surface area contributed by atoms with Gasteiger partial charge in [-0.1, -0.05) is 6.92 Å². The Morgan fingerprint density at radius 2 is 2.06 bits per heavy atom. The van der Waals surface area contributed by atoms with Gasteiger partial charge in [-0.05, 0) is 24.0 Å². The molecule has 6 heteroatoms. The number of carbonyl (C=O) groups is 1. The predicted molar refractivity (Wildman–Crippen MR) is 70.0 cm³/mol. The molecule has 1 rings (SSSR count). The highest BCUT2D eigenvalue weighted by atomic mass is 32.2. The van der Waals surface area contributed by atoms with E-state index in [-0.39, 0.29) is 22.9 Å². The molecule has 1 aliphatic carbocycles. The van der Waals surface area contributed by atoms with Crippen LogP contribution in [0.2, 0.25) is 0 Å². The van der Waals surface area contributed by atoms with E-state index in [9.17, 15) is 13.2 Å². The summed E-state index contributed by atoms with van der Waals surface area (Å²) in [5, 5.41) is 0. The van der Waals surface area contributed by atoms with Crippen LogP contribution in [0.1, 0.15) is 26.2 Å². The molecule has 0 heterocycles. The van der Waals surface area contributed by atoms with E-state index >= 15 is 0 Å². The number of ether oxygens (including phenoxy) is 1. The molecule has 0 radical (unpaired) electrons. The second-order valence-electron chi connectivity index (χ2n) is 4.54. The van der Waals surface area contributed by atoms with Gasteiger partial charge in [-0.2, -0.15) is 11.8 Å². The van der Waals surface area contributed by atoms with Gasteiger partial charge in [-0.3, -0.25) is 4.79 Å². The molecule has 0 spiro atoms. The molecule has 17 heavy (non-hydrogen) atoms. The Morgan fingerprint density at radius 1 is 1.41 bits per heavy atom. The van der Waals surface area contributed by atoms with Crippen molar-refractivity contribution in [2.75, 3.05) is 30.1 Å². The fourth-order valence-electron chi connectivity index (χ4n) is 1.55. The molecule has 0 aliphatic heterocycles. The number of esters is 1. The van der Waals surface area contributed by atoms with Crippen molar-refractivity contribution >= 4 is 27.6 Å². The SMILES string of the molecule is CCS(=O)(=O)CCSCC1(CC(=O)OC)CC1. The van der Waals surface area contributed by atoms with Crippen molar-refractivity contribution in [2.24, 2.45) is 5.41 Å². The third-order valence-electron chi connectivity index (χ3n) is 3.09. The molecule has 0 atom stereocenters. The van der Waals surface area contributed by atoms with Crippen LogP contribution in [0, 0.1) is 5.41 Å². The molecule has 100 valence electrons. The number of hydrogen-bond acceptors (Lipinski definition) is 5. The third-order valence-corrected chi connectivity index (χ3v) is 6.36. The van der Waals surface area contributed by atoms with Crippen molar-refractivity contribution in [3.05, 3.63) is 0 Å². The van der Waals surface area contributed by atoms with Gasteiger partial charge in [0, 0.05) is 11.5 Å². The number of rotatable bonds is 8. The summed E-state index contributed by atoms with van der Waals surface area (Å²) in [6, 6.07) is 0. The van der Waals surface area contributed by atoms with Crippen LogP contribution in [0.4, 0.5) is 0 Å². The molecule has 0 bridgehead atoms. The molecule has 0 unspecified atom stereocenters. The molecule has 0 amide bonds. The third kappa shape index (κ3) is 5.29. The minimum absolute atomic E-state index is 0.0910. The number of sulfone groups is 1. The molecular weight excluding hydrogens is 260 g/mol. The molecule has 0 N–H and O–H groups in total. The molecule has 0 saturated heterocycles. The highest BCUT2D eigenvalue weighted by Gasteiger charge is 2.44. The van der Waals surface area contributed by atoms with Crippen molar-refractivity contribution in [1.82, 2.24) is 0 Å². The van der Waals surface area contributed by atoms with E-state index in [2.05, 4.69) is 4.74 Å². The Balaban J connectivity index is 2.21. The van der Waals surface area contributed by atoms with Gasteiger partial charge >= 0.3 is 5.97 Å². The van der Waals surface area contributed by atoms with E-state index in [1.54, 1.807) is 18.7 Å². The molecule has 0 aromatic heterocycles. The van der Waals surface area contributed by atoms with Gasteiger partial charge < -0.3 is 4.74 Å². The summed E-state index contributed by atoms with van der Waals surface area (Å²) in [4.78, 5) is 11.2. The van der Waals surface area contributed by atoms with Gasteiger partial charge in [-0.25, -0.2) is 8.42 Å². The Kier molecular flexibility index (Phi) is 5.31. The van der Waals surface area contributed by atoms with Crippen LogP contribution >= 0.6 is 11.8 Å². The van der Waals surface area contributed by atoms with Gasteiger partial charge in [-0.15, -0.1) is 0 Å². The zero-order valence-corrected chi connectivity index (χ0v) is 12.0. The van der Waals surface area contributed by atoms with Crippen LogP contribution in [-0.4, -0.2) is 44.5 Å². The van der Waals surface area contributed by atoms with Crippen LogP contribution in [-0.2, 0) is 19.4 Å². The first kappa shape index (κ1) is 14.8. The Hall–Kier alpha value is -0.230. The Labute approximate surface area is 107 Å². The molecular formula is C11H20O4S2. The minimum atomic E-state index is -2.86. The fourth-order valence-corrected chi connectivity index (χ4v) is 4.29. The van der Waals surface area contributed by atoms with Crippen molar-refractivity contribution in [3.63, 3.8) is 0 Å². The molecule has 1 aliphatic rings. The van der Waals surface area contributed by atoms with E-state index in [4.69, 9.17) is 0 Å². The van der Waals surface area contributed by atoms with Crippen molar-refractivity contribution in [3.8, 4) is 0 Å². The van der Waals surface area contributed by atoms with Crippen LogP contribution in [0.3, 0.4) is 0 Å². The van der Waals surface area contributed by atoms with Gasteiger partial charge in [0.2, 0.25) is 0 Å². The zero-order valence-electron chi connectivity index (χ0n) is 10.4. The van der Waals surface area contributed by atoms with Crippen molar-refractivity contribution in [2.45, 2.75) is 26.2 Å². The Bertz CT molecular complexity index is 358. The normalized spacial score (nSPS) is 17.8. The van der Waals surface area contributed by atoms with Gasteiger partial charge in [0.25, 0.3) is 0 Å².